The van der Waals surface area contributed by atoms with E-state index in [1.807, 2.05) is 48.5 Å². The lowest BCUT2D eigenvalue weighted by Gasteiger charge is -2.17. The fourth-order valence-electron chi connectivity index (χ4n) is 3.10. The van der Waals surface area contributed by atoms with Gasteiger partial charge in [0.05, 0.1) is 12.6 Å². The molecule has 0 bridgehead atoms. The van der Waals surface area contributed by atoms with Crippen molar-refractivity contribution in [2.45, 2.75) is 25.8 Å². The first-order chi connectivity index (χ1) is 12.6. The van der Waals surface area contributed by atoms with Gasteiger partial charge in [-0.2, -0.15) is 0 Å². The maximum atomic E-state index is 13.6. The van der Waals surface area contributed by atoms with Crippen molar-refractivity contribution in [2.75, 3.05) is 6.61 Å². The van der Waals surface area contributed by atoms with Gasteiger partial charge in [0.15, 0.2) is 0 Å². The molecule has 3 aromatic rings. The first kappa shape index (κ1) is 18.1. The van der Waals surface area contributed by atoms with Crippen molar-refractivity contribution < 1.29 is 14.3 Å². The van der Waals surface area contributed by atoms with Crippen molar-refractivity contribution in [3.05, 3.63) is 83.2 Å². The molecule has 1 amide bonds. The number of rotatable bonds is 6. The number of amides is 1. The molecule has 0 fully saturated rings. The normalized spacial score (nSPS) is 12.1. The molecule has 2 N–H and O–H groups in total. The molecule has 1 atom stereocenters. The molecule has 0 aliphatic heterocycles. The van der Waals surface area contributed by atoms with Crippen LogP contribution < -0.4 is 5.32 Å². The molecule has 3 nitrogen and oxygen atoms in total. The Bertz CT molecular complexity index is 923. The van der Waals surface area contributed by atoms with E-state index in [1.165, 1.54) is 6.07 Å². The molecular weight excluding hydrogens is 329 g/mol. The monoisotopic (exact) mass is 351 g/mol. The molecule has 0 aromatic heterocycles. The topological polar surface area (TPSA) is 49.3 Å². The number of hydrogen-bond donors (Lipinski definition) is 2. The Kier molecular flexibility index (Phi) is 5.64. The number of aliphatic hydroxyl groups is 1. The molecular formula is C22H22FNO2. The van der Waals surface area contributed by atoms with Gasteiger partial charge in [-0.3, -0.25) is 4.79 Å². The lowest BCUT2D eigenvalue weighted by molar-refractivity contribution is -0.122. The second kappa shape index (κ2) is 8.11. The second-order valence-corrected chi connectivity index (χ2v) is 6.43. The SMILES string of the molecule is Cc1c(F)cccc1CCC(=O)N[C@@H](CO)c1ccc2ccccc2c1. The summed E-state index contributed by atoms with van der Waals surface area (Å²) in [5, 5.41) is 14.7. The Morgan fingerprint density at radius 3 is 2.62 bits per heavy atom. The minimum atomic E-state index is -0.458. The first-order valence-corrected chi connectivity index (χ1v) is 8.71. The second-order valence-electron chi connectivity index (χ2n) is 6.43. The van der Waals surface area contributed by atoms with Crippen LogP contribution in [0.25, 0.3) is 10.8 Å². The van der Waals surface area contributed by atoms with E-state index >= 15 is 0 Å². The van der Waals surface area contributed by atoms with Gasteiger partial charge in [-0.15, -0.1) is 0 Å². The van der Waals surface area contributed by atoms with Gasteiger partial charge < -0.3 is 10.4 Å². The van der Waals surface area contributed by atoms with E-state index < -0.39 is 6.04 Å². The third-order valence-corrected chi connectivity index (χ3v) is 4.69. The molecule has 0 spiro atoms. The minimum Gasteiger partial charge on any atom is -0.394 e. The van der Waals surface area contributed by atoms with Crippen LogP contribution in [0.3, 0.4) is 0 Å². The Labute approximate surface area is 152 Å². The third-order valence-electron chi connectivity index (χ3n) is 4.69. The van der Waals surface area contributed by atoms with Crippen molar-refractivity contribution in [1.29, 1.82) is 0 Å². The Balaban J connectivity index is 1.66. The van der Waals surface area contributed by atoms with E-state index in [-0.39, 0.29) is 24.8 Å². The molecule has 0 aliphatic carbocycles. The maximum absolute atomic E-state index is 13.6. The van der Waals surface area contributed by atoms with Crippen molar-refractivity contribution in [1.82, 2.24) is 5.32 Å². The smallest absolute Gasteiger partial charge is 0.220 e. The van der Waals surface area contributed by atoms with E-state index in [2.05, 4.69) is 5.32 Å². The summed E-state index contributed by atoms with van der Waals surface area (Å²) in [5.74, 6) is -0.423. The highest BCUT2D eigenvalue weighted by Gasteiger charge is 2.15. The van der Waals surface area contributed by atoms with Crippen LogP contribution in [0.2, 0.25) is 0 Å². The number of aliphatic hydroxyl groups excluding tert-OH is 1. The van der Waals surface area contributed by atoms with Crippen LogP contribution in [0.4, 0.5) is 4.39 Å². The molecule has 26 heavy (non-hydrogen) atoms. The summed E-state index contributed by atoms with van der Waals surface area (Å²) >= 11 is 0. The van der Waals surface area contributed by atoms with Crippen LogP contribution in [-0.2, 0) is 11.2 Å². The molecule has 3 aromatic carbocycles. The lowest BCUT2D eigenvalue weighted by Crippen LogP contribution is -2.31. The van der Waals surface area contributed by atoms with Gasteiger partial charge in [0.1, 0.15) is 5.82 Å². The highest BCUT2D eigenvalue weighted by atomic mass is 19.1. The van der Waals surface area contributed by atoms with Gasteiger partial charge in [0.25, 0.3) is 0 Å². The summed E-state index contributed by atoms with van der Waals surface area (Å²) in [4.78, 5) is 12.3. The van der Waals surface area contributed by atoms with Crippen LogP contribution in [-0.4, -0.2) is 17.6 Å². The summed E-state index contributed by atoms with van der Waals surface area (Å²) < 4.78 is 13.6. The summed E-state index contributed by atoms with van der Waals surface area (Å²) in [5.41, 5.74) is 2.27. The molecule has 3 rings (SSSR count). The average Bonchev–Trinajstić information content (AvgIpc) is 2.67. The Hall–Kier alpha value is -2.72. The number of carbonyl (C=O) groups excluding carboxylic acids is 1. The minimum absolute atomic E-state index is 0.166. The molecule has 0 heterocycles. The maximum Gasteiger partial charge on any atom is 0.220 e. The summed E-state index contributed by atoms with van der Waals surface area (Å²) in [6.45, 7) is 1.54. The highest BCUT2D eigenvalue weighted by Crippen LogP contribution is 2.21. The number of halogens is 1. The van der Waals surface area contributed by atoms with Gasteiger partial charge in [0, 0.05) is 6.42 Å². The van der Waals surface area contributed by atoms with Gasteiger partial charge in [-0.05, 0) is 52.9 Å². The van der Waals surface area contributed by atoms with Gasteiger partial charge in [0.2, 0.25) is 5.91 Å². The van der Waals surface area contributed by atoms with Crippen LogP contribution >= 0.6 is 0 Å². The number of nitrogens with one attached hydrogen (secondary N) is 1. The molecule has 4 heteroatoms. The fraction of sp³-hybridized carbons (Fsp3) is 0.227. The number of hydrogen-bond acceptors (Lipinski definition) is 2. The number of fused-ring (bicyclic) bond motifs is 1. The number of aryl methyl sites for hydroxylation is 1. The first-order valence-electron chi connectivity index (χ1n) is 8.71. The zero-order valence-electron chi connectivity index (χ0n) is 14.7. The van der Waals surface area contributed by atoms with Crippen LogP contribution in [0.5, 0.6) is 0 Å². The van der Waals surface area contributed by atoms with Crippen molar-refractivity contribution >= 4 is 16.7 Å². The quantitative estimate of drug-likeness (QED) is 0.703. The summed E-state index contributed by atoms with van der Waals surface area (Å²) in [7, 11) is 0. The molecule has 0 unspecified atom stereocenters. The van der Waals surface area contributed by atoms with E-state index in [4.69, 9.17) is 0 Å². The van der Waals surface area contributed by atoms with E-state index in [0.29, 0.717) is 12.0 Å². The molecule has 134 valence electrons. The van der Waals surface area contributed by atoms with Crippen molar-refractivity contribution in [3.63, 3.8) is 0 Å². The fourth-order valence-corrected chi connectivity index (χ4v) is 3.10. The van der Waals surface area contributed by atoms with Crippen molar-refractivity contribution in [3.8, 4) is 0 Å². The molecule has 0 aliphatic rings. The van der Waals surface area contributed by atoms with Gasteiger partial charge >= 0.3 is 0 Å². The molecule has 0 saturated carbocycles. The predicted molar refractivity (Wildman–Crippen MR) is 101 cm³/mol. The van der Waals surface area contributed by atoms with Crippen molar-refractivity contribution in [2.24, 2.45) is 0 Å². The molecule has 0 saturated heterocycles. The lowest BCUT2D eigenvalue weighted by atomic mass is 10.0. The van der Waals surface area contributed by atoms with Crippen LogP contribution in [0.1, 0.15) is 29.2 Å². The van der Waals surface area contributed by atoms with E-state index in [0.717, 1.165) is 21.9 Å². The van der Waals surface area contributed by atoms with Crippen LogP contribution in [0, 0.1) is 12.7 Å². The zero-order chi connectivity index (χ0) is 18.5. The Morgan fingerprint density at radius 1 is 1.08 bits per heavy atom. The molecule has 0 radical (unpaired) electrons. The number of carbonyl (C=O) groups is 1. The van der Waals surface area contributed by atoms with E-state index in [1.54, 1.807) is 13.0 Å². The highest BCUT2D eigenvalue weighted by molar-refractivity contribution is 5.83. The number of benzene rings is 3. The average molecular weight is 351 g/mol. The Morgan fingerprint density at radius 2 is 1.85 bits per heavy atom. The summed E-state index contributed by atoms with van der Waals surface area (Å²) in [6.07, 6.45) is 0.708. The van der Waals surface area contributed by atoms with Gasteiger partial charge in [-0.25, -0.2) is 4.39 Å². The standard InChI is InChI=1S/C22H22FNO2/c1-15-16(7-4-8-20(15)23)11-12-22(26)24-21(14-25)19-10-9-17-5-2-3-6-18(17)13-19/h2-10,13,21,25H,11-12,14H2,1H3,(H,24,26)/t21-/m0/s1. The zero-order valence-corrected chi connectivity index (χ0v) is 14.7. The third kappa shape index (κ3) is 4.09. The largest absolute Gasteiger partial charge is 0.394 e. The summed E-state index contributed by atoms with van der Waals surface area (Å²) in [6, 6.07) is 18.3. The predicted octanol–water partition coefficient (Wildman–Crippen LogP) is 4.07. The van der Waals surface area contributed by atoms with Gasteiger partial charge in [-0.1, -0.05) is 48.5 Å². The van der Waals surface area contributed by atoms with E-state index in [9.17, 15) is 14.3 Å². The van der Waals surface area contributed by atoms with Crippen LogP contribution in [0.15, 0.2) is 60.7 Å².